The molecular formula is C16H34N2O4S. The van der Waals surface area contributed by atoms with Crippen molar-refractivity contribution < 1.29 is 17.9 Å². The van der Waals surface area contributed by atoms with Crippen molar-refractivity contribution in [2.45, 2.75) is 58.7 Å². The first-order chi connectivity index (χ1) is 10.5. The zero-order valence-corrected chi connectivity index (χ0v) is 16.1. The second-order valence-electron chi connectivity index (χ2n) is 6.71. The monoisotopic (exact) mass is 350 g/mol. The third-order valence-electron chi connectivity index (χ3n) is 3.46. The van der Waals surface area contributed by atoms with Gasteiger partial charge in [-0.1, -0.05) is 13.5 Å². The molecule has 0 atom stereocenters. The Labute approximate surface area is 141 Å². The first kappa shape index (κ1) is 22.5. The molecule has 0 fully saturated rings. The van der Waals surface area contributed by atoms with Crippen molar-refractivity contribution in [3.05, 3.63) is 12.0 Å². The Kier molecular flexibility index (Phi) is 10.2. The molecule has 138 valence electrons. The first-order valence-corrected chi connectivity index (χ1v) is 9.84. The van der Waals surface area contributed by atoms with E-state index in [-0.39, 0.29) is 11.4 Å². The zero-order chi connectivity index (χ0) is 18.0. The minimum Gasteiger partial charge on any atom is -0.375 e. The van der Waals surface area contributed by atoms with Crippen molar-refractivity contribution in [2.75, 3.05) is 32.1 Å². The van der Waals surface area contributed by atoms with Crippen molar-refractivity contribution in [3.8, 4) is 0 Å². The Morgan fingerprint density at radius 3 is 2.13 bits per heavy atom. The second-order valence-corrected chi connectivity index (χ2v) is 8.77. The number of nitrogens with one attached hydrogen (secondary N) is 2. The normalized spacial score (nSPS) is 13.3. The maximum atomic E-state index is 11.5. The second kappa shape index (κ2) is 10.4. The Balaban J connectivity index is 4.02. The van der Waals surface area contributed by atoms with Gasteiger partial charge in [-0.3, -0.25) is 10.9 Å². The summed E-state index contributed by atoms with van der Waals surface area (Å²) in [6.45, 7) is 15.9. The smallest absolute Gasteiger partial charge is 0.171 e. The van der Waals surface area contributed by atoms with E-state index in [0.29, 0.717) is 19.6 Å². The van der Waals surface area contributed by atoms with Crippen LogP contribution in [0.3, 0.4) is 0 Å². The van der Waals surface area contributed by atoms with Gasteiger partial charge in [0.05, 0.1) is 30.2 Å². The van der Waals surface area contributed by atoms with Crippen LogP contribution in [-0.4, -0.2) is 51.7 Å². The molecule has 0 spiro atoms. The lowest BCUT2D eigenvalue weighted by atomic mass is 10.0. The van der Waals surface area contributed by atoms with E-state index >= 15 is 0 Å². The van der Waals surface area contributed by atoms with Crippen molar-refractivity contribution in [3.63, 3.8) is 0 Å². The summed E-state index contributed by atoms with van der Waals surface area (Å²) in [6, 6.07) is 0. The van der Waals surface area contributed by atoms with Crippen LogP contribution in [0.15, 0.2) is 12.0 Å². The number of sulfone groups is 1. The van der Waals surface area contributed by atoms with Crippen LogP contribution < -0.4 is 10.9 Å². The number of hydrazine groups is 1. The third kappa shape index (κ3) is 12.6. The molecule has 7 heteroatoms. The molecule has 0 radical (unpaired) electrons. The van der Waals surface area contributed by atoms with Crippen LogP contribution in [0.25, 0.3) is 0 Å². The molecule has 0 saturated carbocycles. The van der Waals surface area contributed by atoms with Crippen molar-refractivity contribution in [1.29, 1.82) is 0 Å². The van der Waals surface area contributed by atoms with Crippen LogP contribution in [-0.2, 0) is 19.3 Å². The average Bonchev–Trinajstić information content (AvgIpc) is 2.45. The zero-order valence-electron chi connectivity index (χ0n) is 15.3. The summed E-state index contributed by atoms with van der Waals surface area (Å²) < 4.78 is 34.6. The fraction of sp³-hybridized carbons (Fsp3) is 0.875. The van der Waals surface area contributed by atoms with Gasteiger partial charge in [0.25, 0.3) is 0 Å². The predicted octanol–water partition coefficient (Wildman–Crippen LogP) is 2.03. The van der Waals surface area contributed by atoms with Crippen LogP contribution in [0, 0.1) is 0 Å². The standard InChI is InChI=1S/C16H34N2O4S/c1-7-17-18-11-13-22-15(3,4)9-12-21-16(5,6)10-14-23(19,20)8-2/h8,17-18H,2,7,9-14H2,1,3-6H3. The molecule has 2 N–H and O–H groups in total. The summed E-state index contributed by atoms with van der Waals surface area (Å²) in [6.07, 6.45) is 1.18. The SMILES string of the molecule is C=CS(=O)(=O)CCC(C)(C)OCCC(C)(C)OCCNNCC. The van der Waals surface area contributed by atoms with E-state index in [1.807, 2.05) is 34.6 Å². The quantitative estimate of drug-likeness (QED) is 0.369. The molecule has 0 amide bonds. The molecule has 0 unspecified atom stereocenters. The van der Waals surface area contributed by atoms with Gasteiger partial charge in [-0.15, -0.1) is 0 Å². The highest BCUT2D eigenvalue weighted by molar-refractivity contribution is 7.94. The summed E-state index contributed by atoms with van der Waals surface area (Å²) in [7, 11) is -3.18. The third-order valence-corrected chi connectivity index (χ3v) is 4.74. The van der Waals surface area contributed by atoms with Crippen LogP contribution in [0.5, 0.6) is 0 Å². The Hall–Kier alpha value is -0.470. The maximum Gasteiger partial charge on any atom is 0.171 e. The van der Waals surface area contributed by atoms with Crippen molar-refractivity contribution in [2.24, 2.45) is 0 Å². The molecule has 0 aliphatic carbocycles. The summed E-state index contributed by atoms with van der Waals surface area (Å²) in [5, 5.41) is 1.00. The molecule has 0 saturated heterocycles. The molecule has 23 heavy (non-hydrogen) atoms. The molecule has 0 aliphatic rings. The molecule has 0 bridgehead atoms. The molecule has 0 aliphatic heterocycles. The van der Waals surface area contributed by atoms with Gasteiger partial charge in [-0.25, -0.2) is 8.42 Å². The van der Waals surface area contributed by atoms with Gasteiger partial charge in [-0.2, -0.15) is 0 Å². The molecule has 0 rings (SSSR count). The van der Waals surface area contributed by atoms with E-state index in [2.05, 4.69) is 17.4 Å². The Morgan fingerprint density at radius 1 is 1.00 bits per heavy atom. The lowest BCUT2D eigenvalue weighted by molar-refractivity contribution is -0.0720. The van der Waals surface area contributed by atoms with E-state index in [1.54, 1.807) is 0 Å². The molecule has 0 aromatic heterocycles. The van der Waals surface area contributed by atoms with Gasteiger partial charge in [0, 0.05) is 18.5 Å². The highest BCUT2D eigenvalue weighted by atomic mass is 32.2. The van der Waals surface area contributed by atoms with Gasteiger partial charge in [-0.05, 0) is 40.5 Å². The largest absolute Gasteiger partial charge is 0.375 e. The summed E-state index contributed by atoms with van der Waals surface area (Å²) >= 11 is 0. The van der Waals surface area contributed by atoms with E-state index in [4.69, 9.17) is 9.47 Å². The van der Waals surface area contributed by atoms with Gasteiger partial charge >= 0.3 is 0 Å². The van der Waals surface area contributed by atoms with Crippen LogP contribution in [0.1, 0.15) is 47.5 Å². The van der Waals surface area contributed by atoms with Crippen molar-refractivity contribution >= 4 is 9.84 Å². The van der Waals surface area contributed by atoms with Gasteiger partial charge in [0.1, 0.15) is 0 Å². The number of rotatable bonds is 14. The highest BCUT2D eigenvalue weighted by Crippen LogP contribution is 2.20. The van der Waals surface area contributed by atoms with Crippen molar-refractivity contribution in [1.82, 2.24) is 10.9 Å². The number of hydrogen-bond donors (Lipinski definition) is 2. The van der Waals surface area contributed by atoms with Gasteiger partial charge < -0.3 is 9.47 Å². The van der Waals surface area contributed by atoms with Crippen LogP contribution in [0.2, 0.25) is 0 Å². The van der Waals surface area contributed by atoms with Crippen LogP contribution in [0.4, 0.5) is 0 Å². The van der Waals surface area contributed by atoms with E-state index in [1.165, 1.54) is 0 Å². The molecule has 0 heterocycles. The lowest BCUT2D eigenvalue weighted by Crippen LogP contribution is -2.37. The fourth-order valence-corrected chi connectivity index (χ4v) is 2.72. The lowest BCUT2D eigenvalue weighted by Gasteiger charge is -2.29. The van der Waals surface area contributed by atoms with E-state index in [0.717, 1.165) is 24.9 Å². The number of ether oxygens (including phenoxy) is 2. The predicted molar refractivity (Wildman–Crippen MR) is 95.0 cm³/mol. The minimum atomic E-state index is -3.18. The van der Waals surface area contributed by atoms with Gasteiger partial charge in [0.2, 0.25) is 0 Å². The molecular weight excluding hydrogens is 316 g/mol. The topological polar surface area (TPSA) is 76.7 Å². The highest BCUT2D eigenvalue weighted by Gasteiger charge is 2.24. The van der Waals surface area contributed by atoms with E-state index in [9.17, 15) is 8.42 Å². The summed E-state index contributed by atoms with van der Waals surface area (Å²) in [5.74, 6) is 0.0551. The molecule has 6 nitrogen and oxygen atoms in total. The van der Waals surface area contributed by atoms with Crippen LogP contribution >= 0.6 is 0 Å². The van der Waals surface area contributed by atoms with Gasteiger partial charge in [0.15, 0.2) is 9.84 Å². The minimum absolute atomic E-state index is 0.0551. The number of hydrogen-bond acceptors (Lipinski definition) is 6. The molecule has 0 aromatic carbocycles. The molecule has 0 aromatic rings. The average molecular weight is 351 g/mol. The first-order valence-electron chi connectivity index (χ1n) is 8.12. The summed E-state index contributed by atoms with van der Waals surface area (Å²) in [5.41, 5.74) is 5.30. The Morgan fingerprint density at radius 2 is 1.57 bits per heavy atom. The van der Waals surface area contributed by atoms with E-state index < -0.39 is 15.4 Å². The fourth-order valence-electron chi connectivity index (χ4n) is 1.78. The maximum absolute atomic E-state index is 11.5. The summed E-state index contributed by atoms with van der Waals surface area (Å²) in [4.78, 5) is 0. The Bertz CT molecular complexity index is 433.